The first-order valence-electron chi connectivity index (χ1n) is 8.74. The van der Waals surface area contributed by atoms with Crippen LogP contribution in [0.5, 0.6) is 0 Å². The summed E-state index contributed by atoms with van der Waals surface area (Å²) in [5.41, 5.74) is 2.11. The van der Waals surface area contributed by atoms with Crippen molar-refractivity contribution in [3.63, 3.8) is 0 Å². The number of ether oxygens (including phenoxy) is 2. The van der Waals surface area contributed by atoms with Gasteiger partial charge in [-0.05, 0) is 48.3 Å². The van der Waals surface area contributed by atoms with Crippen LogP contribution in [0.15, 0.2) is 47.2 Å². The third kappa shape index (κ3) is 4.09. The maximum Gasteiger partial charge on any atom is 0.339 e. The largest absolute Gasteiger partial charge is 0.465 e. The van der Waals surface area contributed by atoms with E-state index in [0.29, 0.717) is 15.8 Å². The third-order valence-corrected chi connectivity index (χ3v) is 4.85. The van der Waals surface area contributed by atoms with Crippen molar-refractivity contribution in [2.75, 3.05) is 7.11 Å². The van der Waals surface area contributed by atoms with E-state index in [-0.39, 0.29) is 12.5 Å². The van der Waals surface area contributed by atoms with Crippen molar-refractivity contribution in [3.05, 3.63) is 52.8 Å². The van der Waals surface area contributed by atoms with E-state index in [2.05, 4.69) is 20.9 Å². The molecule has 0 fully saturated rings. The maximum absolute atomic E-state index is 12.4. The summed E-state index contributed by atoms with van der Waals surface area (Å²) in [7, 11) is 1.33. The highest BCUT2D eigenvalue weighted by molar-refractivity contribution is 9.10. The average molecular weight is 445 g/mol. The van der Waals surface area contributed by atoms with Crippen molar-refractivity contribution in [1.29, 1.82) is 0 Å². The van der Waals surface area contributed by atoms with Crippen LogP contribution in [0.3, 0.4) is 0 Å². The first-order chi connectivity index (χ1) is 13.2. The topological polar surface area (TPSA) is 70.4 Å². The molecule has 28 heavy (non-hydrogen) atoms. The molecule has 2 heterocycles. The molecule has 0 aliphatic rings. The van der Waals surface area contributed by atoms with Gasteiger partial charge in [-0.2, -0.15) is 0 Å². The molecule has 0 radical (unpaired) electrons. The molecule has 6 nitrogen and oxygen atoms in total. The molecule has 0 N–H and O–H groups in total. The minimum atomic E-state index is -0.583. The normalized spacial score (nSPS) is 11.5. The molecule has 146 valence electrons. The number of hydrogen-bond donors (Lipinski definition) is 0. The fourth-order valence-electron chi connectivity index (χ4n) is 2.95. The molecule has 7 heteroatoms. The number of carbonyl (C=O) groups excluding carboxylic acids is 2. The van der Waals surface area contributed by atoms with E-state index in [0.717, 1.165) is 16.5 Å². The van der Waals surface area contributed by atoms with E-state index in [1.54, 1.807) is 10.6 Å². The summed E-state index contributed by atoms with van der Waals surface area (Å²) in [5.74, 6) is -0.840. The Morgan fingerprint density at radius 3 is 2.46 bits per heavy atom. The quantitative estimate of drug-likeness (QED) is 0.550. The fraction of sp³-hybridized carbons (Fsp3) is 0.286. The van der Waals surface area contributed by atoms with Crippen molar-refractivity contribution >= 4 is 38.9 Å². The van der Waals surface area contributed by atoms with Crippen LogP contribution in [-0.2, 0) is 20.8 Å². The van der Waals surface area contributed by atoms with Crippen molar-refractivity contribution in [3.8, 4) is 11.1 Å². The zero-order valence-electron chi connectivity index (χ0n) is 16.2. The van der Waals surface area contributed by atoms with Crippen LogP contribution in [0, 0.1) is 0 Å². The van der Waals surface area contributed by atoms with Crippen molar-refractivity contribution in [2.24, 2.45) is 0 Å². The Labute approximate surface area is 171 Å². The predicted octanol–water partition coefficient (Wildman–Crippen LogP) is 4.59. The minimum Gasteiger partial charge on any atom is -0.465 e. The summed E-state index contributed by atoms with van der Waals surface area (Å²) in [4.78, 5) is 28.8. The highest BCUT2D eigenvalue weighted by Gasteiger charge is 2.23. The van der Waals surface area contributed by atoms with Gasteiger partial charge in [-0.1, -0.05) is 30.3 Å². The Kier molecular flexibility index (Phi) is 5.56. The SMILES string of the molecule is COC(=O)c1cnc2c(c1)c(-c1ccccc1)c(Br)n2CC(=O)OC(C)(C)C. The summed E-state index contributed by atoms with van der Waals surface area (Å²) >= 11 is 3.62. The molecule has 3 aromatic rings. The number of aromatic nitrogens is 2. The first-order valence-corrected chi connectivity index (χ1v) is 9.54. The highest BCUT2D eigenvalue weighted by Crippen LogP contribution is 2.38. The summed E-state index contributed by atoms with van der Waals surface area (Å²) in [6, 6.07) is 11.4. The molecule has 2 aromatic heterocycles. The van der Waals surface area contributed by atoms with E-state index in [1.807, 2.05) is 51.1 Å². The van der Waals surface area contributed by atoms with Crippen molar-refractivity contribution in [2.45, 2.75) is 32.9 Å². The summed E-state index contributed by atoms with van der Waals surface area (Å²) in [6.07, 6.45) is 1.45. The second-order valence-electron chi connectivity index (χ2n) is 7.29. The zero-order valence-corrected chi connectivity index (χ0v) is 17.7. The number of halogens is 1. The predicted molar refractivity (Wildman–Crippen MR) is 110 cm³/mol. The van der Waals surface area contributed by atoms with Gasteiger partial charge in [0.15, 0.2) is 0 Å². The van der Waals surface area contributed by atoms with Crippen LogP contribution in [0.25, 0.3) is 22.2 Å². The number of methoxy groups -OCH3 is 1. The number of fused-ring (bicyclic) bond motifs is 1. The molecule has 0 unspecified atom stereocenters. The molecular formula is C21H21BrN2O4. The van der Waals surface area contributed by atoms with Gasteiger partial charge in [-0.15, -0.1) is 0 Å². The second kappa shape index (κ2) is 7.75. The lowest BCUT2D eigenvalue weighted by Gasteiger charge is -2.20. The lowest BCUT2D eigenvalue weighted by atomic mass is 10.1. The Balaban J connectivity index is 2.18. The number of carbonyl (C=O) groups is 2. The van der Waals surface area contributed by atoms with Gasteiger partial charge in [0.1, 0.15) is 17.8 Å². The van der Waals surface area contributed by atoms with Crippen LogP contribution < -0.4 is 0 Å². The molecule has 0 atom stereocenters. The van der Waals surface area contributed by atoms with Crippen LogP contribution in [-0.4, -0.2) is 34.2 Å². The number of esters is 2. The van der Waals surface area contributed by atoms with Gasteiger partial charge in [-0.25, -0.2) is 9.78 Å². The zero-order chi connectivity index (χ0) is 20.5. The standard InChI is InChI=1S/C21H21BrN2O4/c1-21(2,3)28-16(25)12-24-18(22)17(13-8-6-5-7-9-13)15-10-14(20(26)27-4)11-23-19(15)24/h5-11H,12H2,1-4H3. The van der Waals surface area contributed by atoms with E-state index in [9.17, 15) is 9.59 Å². The number of benzene rings is 1. The average Bonchev–Trinajstić information content (AvgIpc) is 2.91. The number of nitrogens with zero attached hydrogens (tertiary/aromatic N) is 2. The summed E-state index contributed by atoms with van der Waals surface area (Å²) < 4.78 is 12.7. The lowest BCUT2D eigenvalue weighted by Crippen LogP contribution is -2.26. The van der Waals surface area contributed by atoms with Crippen LogP contribution in [0.1, 0.15) is 31.1 Å². The van der Waals surface area contributed by atoms with Crippen LogP contribution in [0.4, 0.5) is 0 Å². The molecule has 0 aliphatic carbocycles. The molecule has 0 saturated carbocycles. The minimum absolute atomic E-state index is 0.00818. The summed E-state index contributed by atoms with van der Waals surface area (Å²) in [6.45, 7) is 5.46. The Bertz CT molecular complexity index is 1040. The molecular weight excluding hydrogens is 424 g/mol. The third-order valence-electron chi connectivity index (χ3n) is 4.03. The van der Waals surface area contributed by atoms with E-state index >= 15 is 0 Å². The van der Waals surface area contributed by atoms with E-state index < -0.39 is 11.6 Å². The Morgan fingerprint density at radius 2 is 1.86 bits per heavy atom. The van der Waals surface area contributed by atoms with Gasteiger partial charge in [0.2, 0.25) is 0 Å². The second-order valence-corrected chi connectivity index (χ2v) is 8.04. The van der Waals surface area contributed by atoms with Crippen LogP contribution in [0.2, 0.25) is 0 Å². The van der Waals surface area contributed by atoms with Gasteiger partial charge in [0.05, 0.1) is 17.3 Å². The Hall–Kier alpha value is -2.67. The van der Waals surface area contributed by atoms with E-state index in [1.165, 1.54) is 13.3 Å². The summed E-state index contributed by atoms with van der Waals surface area (Å²) in [5, 5.41) is 0.740. The molecule has 1 aromatic carbocycles. The van der Waals surface area contributed by atoms with Gasteiger partial charge in [0.25, 0.3) is 0 Å². The number of pyridine rings is 1. The van der Waals surface area contributed by atoms with Crippen LogP contribution >= 0.6 is 15.9 Å². The van der Waals surface area contributed by atoms with Gasteiger partial charge < -0.3 is 14.0 Å². The molecule has 3 rings (SSSR count). The van der Waals surface area contributed by atoms with Crippen molar-refractivity contribution < 1.29 is 19.1 Å². The first kappa shape index (κ1) is 20.1. The molecule has 0 aliphatic heterocycles. The molecule has 0 saturated heterocycles. The Morgan fingerprint density at radius 1 is 1.18 bits per heavy atom. The fourth-order valence-corrected chi connectivity index (χ4v) is 3.69. The number of rotatable bonds is 4. The van der Waals surface area contributed by atoms with Gasteiger partial charge >= 0.3 is 11.9 Å². The highest BCUT2D eigenvalue weighted by atomic mass is 79.9. The van der Waals surface area contributed by atoms with Gasteiger partial charge in [0, 0.05) is 17.1 Å². The maximum atomic E-state index is 12.4. The van der Waals surface area contributed by atoms with Gasteiger partial charge in [-0.3, -0.25) is 4.79 Å². The lowest BCUT2D eigenvalue weighted by molar-refractivity contribution is -0.155. The molecule has 0 spiro atoms. The monoisotopic (exact) mass is 444 g/mol. The van der Waals surface area contributed by atoms with E-state index in [4.69, 9.17) is 9.47 Å². The number of hydrogen-bond acceptors (Lipinski definition) is 5. The van der Waals surface area contributed by atoms with Crippen molar-refractivity contribution in [1.82, 2.24) is 9.55 Å². The smallest absolute Gasteiger partial charge is 0.339 e. The molecule has 0 amide bonds. The molecule has 0 bridgehead atoms.